The molecule has 0 aromatic heterocycles. The summed E-state index contributed by atoms with van der Waals surface area (Å²) in [6.45, 7) is 9.75. The van der Waals surface area contributed by atoms with E-state index >= 15 is 0 Å². The third-order valence-corrected chi connectivity index (χ3v) is 4.52. The van der Waals surface area contributed by atoms with Crippen molar-refractivity contribution in [3.63, 3.8) is 0 Å². The maximum atomic E-state index is 5.78. The SMILES string of the molecule is C=CC(=C\C=C/C)/C(CC)=C(/c1ccccc1)c1ccc(OCCNC)cc1. The fraction of sp³-hybridized carbons (Fsp3) is 0.231. The van der Waals surface area contributed by atoms with E-state index in [-0.39, 0.29) is 0 Å². The van der Waals surface area contributed by atoms with E-state index in [1.807, 2.05) is 38.3 Å². The van der Waals surface area contributed by atoms with Crippen molar-refractivity contribution in [1.82, 2.24) is 5.32 Å². The lowest BCUT2D eigenvalue weighted by Gasteiger charge is -2.17. The van der Waals surface area contributed by atoms with Crippen LogP contribution in [0.25, 0.3) is 5.57 Å². The Morgan fingerprint density at radius 1 is 1.04 bits per heavy atom. The summed E-state index contributed by atoms with van der Waals surface area (Å²) < 4.78 is 5.78. The first-order valence-electron chi connectivity index (χ1n) is 9.87. The van der Waals surface area contributed by atoms with Crippen LogP contribution >= 0.6 is 0 Å². The van der Waals surface area contributed by atoms with Gasteiger partial charge in [0.15, 0.2) is 0 Å². The molecule has 0 spiro atoms. The van der Waals surface area contributed by atoms with Gasteiger partial charge in [0.05, 0.1) is 0 Å². The first-order valence-corrected chi connectivity index (χ1v) is 9.87. The van der Waals surface area contributed by atoms with Gasteiger partial charge in [-0.3, -0.25) is 0 Å². The number of rotatable bonds is 10. The summed E-state index contributed by atoms with van der Waals surface area (Å²) in [7, 11) is 1.92. The molecule has 0 aliphatic rings. The molecule has 0 heterocycles. The van der Waals surface area contributed by atoms with Crippen molar-refractivity contribution in [2.75, 3.05) is 20.2 Å². The van der Waals surface area contributed by atoms with Gasteiger partial charge in [-0.2, -0.15) is 0 Å². The molecule has 0 saturated heterocycles. The third kappa shape index (κ3) is 5.83. The van der Waals surface area contributed by atoms with E-state index in [1.165, 1.54) is 22.3 Å². The van der Waals surface area contributed by atoms with Gasteiger partial charge in [0.2, 0.25) is 0 Å². The number of ether oxygens (including phenoxy) is 1. The Morgan fingerprint density at radius 3 is 2.29 bits per heavy atom. The van der Waals surface area contributed by atoms with E-state index in [0.29, 0.717) is 6.61 Å². The second-order valence-electron chi connectivity index (χ2n) is 6.40. The lowest BCUT2D eigenvalue weighted by Crippen LogP contribution is -2.15. The molecular weight excluding hydrogens is 342 g/mol. The molecule has 0 bridgehead atoms. The molecule has 2 heteroatoms. The van der Waals surface area contributed by atoms with Crippen LogP contribution in [-0.2, 0) is 0 Å². The van der Waals surface area contributed by atoms with E-state index in [9.17, 15) is 0 Å². The summed E-state index contributed by atoms with van der Waals surface area (Å²) in [6.07, 6.45) is 9.09. The van der Waals surface area contributed by atoms with E-state index in [0.717, 1.165) is 24.3 Å². The van der Waals surface area contributed by atoms with Crippen molar-refractivity contribution in [1.29, 1.82) is 0 Å². The second kappa shape index (κ2) is 11.8. The quantitative estimate of drug-likeness (QED) is 0.396. The fourth-order valence-corrected chi connectivity index (χ4v) is 3.13. The Balaban J connectivity index is 2.55. The Bertz CT molecular complexity index is 826. The molecule has 0 fully saturated rings. The summed E-state index contributed by atoms with van der Waals surface area (Å²) in [5.74, 6) is 0.887. The highest BCUT2D eigenvalue weighted by Gasteiger charge is 2.13. The largest absolute Gasteiger partial charge is 0.492 e. The molecular formula is C26H31NO. The highest BCUT2D eigenvalue weighted by atomic mass is 16.5. The zero-order valence-corrected chi connectivity index (χ0v) is 17.2. The zero-order chi connectivity index (χ0) is 20.2. The van der Waals surface area contributed by atoms with Gasteiger partial charge in [0.1, 0.15) is 12.4 Å². The number of benzene rings is 2. The Hall–Kier alpha value is -2.84. The van der Waals surface area contributed by atoms with Crippen LogP contribution in [0.5, 0.6) is 5.75 Å². The Morgan fingerprint density at radius 2 is 1.71 bits per heavy atom. The summed E-state index contributed by atoms with van der Waals surface area (Å²) in [5, 5.41) is 3.09. The molecule has 2 rings (SSSR count). The molecule has 0 unspecified atom stereocenters. The molecule has 0 radical (unpaired) electrons. The Labute approximate surface area is 170 Å². The smallest absolute Gasteiger partial charge is 0.119 e. The van der Waals surface area contributed by atoms with Crippen molar-refractivity contribution >= 4 is 5.57 Å². The van der Waals surface area contributed by atoms with Gasteiger partial charge in [-0.25, -0.2) is 0 Å². The maximum Gasteiger partial charge on any atom is 0.119 e. The molecule has 146 valence electrons. The van der Waals surface area contributed by atoms with Gasteiger partial charge < -0.3 is 10.1 Å². The van der Waals surface area contributed by atoms with E-state index in [1.54, 1.807) is 0 Å². The second-order valence-corrected chi connectivity index (χ2v) is 6.40. The number of allylic oxidation sites excluding steroid dienone is 6. The predicted octanol–water partition coefficient (Wildman–Crippen LogP) is 6.19. The van der Waals surface area contributed by atoms with Crippen LogP contribution in [0.1, 0.15) is 31.4 Å². The van der Waals surface area contributed by atoms with Gasteiger partial charge in [0.25, 0.3) is 0 Å². The number of hydrogen-bond acceptors (Lipinski definition) is 2. The number of likely N-dealkylation sites (N-methyl/N-ethyl adjacent to an activating group) is 1. The van der Waals surface area contributed by atoms with Crippen molar-refractivity contribution in [2.24, 2.45) is 0 Å². The van der Waals surface area contributed by atoms with Crippen LogP contribution in [0.4, 0.5) is 0 Å². The van der Waals surface area contributed by atoms with Gasteiger partial charge in [0, 0.05) is 6.54 Å². The topological polar surface area (TPSA) is 21.3 Å². The molecule has 0 aliphatic carbocycles. The van der Waals surface area contributed by atoms with Crippen LogP contribution in [0, 0.1) is 0 Å². The molecule has 2 aromatic carbocycles. The zero-order valence-electron chi connectivity index (χ0n) is 17.2. The first kappa shape index (κ1) is 21.5. The van der Waals surface area contributed by atoms with Crippen LogP contribution in [0.2, 0.25) is 0 Å². The van der Waals surface area contributed by atoms with Gasteiger partial charge >= 0.3 is 0 Å². The van der Waals surface area contributed by atoms with Crippen LogP contribution < -0.4 is 10.1 Å². The van der Waals surface area contributed by atoms with E-state index in [2.05, 4.69) is 73.4 Å². The average Bonchev–Trinajstić information content (AvgIpc) is 2.75. The van der Waals surface area contributed by atoms with E-state index in [4.69, 9.17) is 4.74 Å². The highest BCUT2D eigenvalue weighted by molar-refractivity contribution is 5.85. The van der Waals surface area contributed by atoms with Crippen LogP contribution in [0.3, 0.4) is 0 Å². The minimum atomic E-state index is 0.657. The minimum Gasteiger partial charge on any atom is -0.492 e. The first-order chi connectivity index (χ1) is 13.7. The minimum absolute atomic E-state index is 0.657. The fourth-order valence-electron chi connectivity index (χ4n) is 3.13. The maximum absolute atomic E-state index is 5.78. The molecule has 2 aromatic rings. The summed E-state index contributed by atoms with van der Waals surface area (Å²) in [4.78, 5) is 0. The van der Waals surface area contributed by atoms with Crippen LogP contribution in [-0.4, -0.2) is 20.2 Å². The molecule has 1 N–H and O–H groups in total. The van der Waals surface area contributed by atoms with Crippen molar-refractivity contribution < 1.29 is 4.74 Å². The molecule has 0 aliphatic heterocycles. The van der Waals surface area contributed by atoms with Crippen molar-refractivity contribution in [2.45, 2.75) is 20.3 Å². The van der Waals surface area contributed by atoms with E-state index < -0.39 is 0 Å². The summed E-state index contributed by atoms with van der Waals surface area (Å²) in [6, 6.07) is 18.9. The number of hydrogen-bond donors (Lipinski definition) is 1. The summed E-state index contributed by atoms with van der Waals surface area (Å²) in [5.41, 5.74) is 6.05. The third-order valence-electron chi connectivity index (χ3n) is 4.52. The lowest BCUT2D eigenvalue weighted by molar-refractivity contribution is 0.318. The molecule has 0 saturated carbocycles. The molecule has 0 atom stereocenters. The van der Waals surface area contributed by atoms with Crippen molar-refractivity contribution in [3.05, 3.63) is 108 Å². The van der Waals surface area contributed by atoms with Gasteiger partial charge in [-0.15, -0.1) is 0 Å². The summed E-state index contributed by atoms with van der Waals surface area (Å²) >= 11 is 0. The van der Waals surface area contributed by atoms with Crippen molar-refractivity contribution in [3.8, 4) is 5.75 Å². The predicted molar refractivity (Wildman–Crippen MR) is 122 cm³/mol. The number of nitrogens with one attached hydrogen (secondary N) is 1. The monoisotopic (exact) mass is 373 g/mol. The highest BCUT2D eigenvalue weighted by Crippen LogP contribution is 2.33. The molecule has 0 amide bonds. The lowest BCUT2D eigenvalue weighted by atomic mass is 9.88. The Kier molecular flexibility index (Phi) is 9.03. The average molecular weight is 374 g/mol. The molecule has 28 heavy (non-hydrogen) atoms. The normalized spacial score (nSPS) is 12.8. The standard InChI is InChI=1S/C26H31NO/c1-5-8-12-21(6-2)25(7-3)26(22-13-10-9-11-14-22)23-15-17-24(18-16-23)28-20-19-27-4/h5-6,8-18,27H,2,7,19-20H2,1,3-4H3/b8-5-,21-12+,26-25-. The van der Waals surface area contributed by atoms with Gasteiger partial charge in [-0.05, 0) is 60.4 Å². The van der Waals surface area contributed by atoms with Crippen LogP contribution in [0.15, 0.2) is 96.6 Å². The molecule has 2 nitrogen and oxygen atoms in total. The van der Waals surface area contributed by atoms with Gasteiger partial charge in [-0.1, -0.05) is 80.3 Å².